The summed E-state index contributed by atoms with van der Waals surface area (Å²) in [5.74, 6) is 0.907. The van der Waals surface area contributed by atoms with Gasteiger partial charge in [-0.05, 0) is 72.9 Å². The second-order valence-corrected chi connectivity index (χ2v) is 13.8. The van der Waals surface area contributed by atoms with Crippen molar-refractivity contribution in [3.63, 3.8) is 0 Å². The molecule has 4 N–H and O–H groups in total. The van der Waals surface area contributed by atoms with E-state index < -0.39 is 24.3 Å². The highest BCUT2D eigenvalue weighted by Crippen LogP contribution is 2.35. The van der Waals surface area contributed by atoms with Crippen molar-refractivity contribution >= 4 is 46.1 Å². The highest BCUT2D eigenvalue weighted by atomic mass is 16.5. The lowest BCUT2D eigenvalue weighted by molar-refractivity contribution is -0.136. The molecule has 4 atom stereocenters. The first-order chi connectivity index (χ1) is 24.0. The van der Waals surface area contributed by atoms with Gasteiger partial charge < -0.3 is 39.9 Å². The molecule has 266 valence electrons. The number of nitrogens with zero attached hydrogens (tertiary/aromatic N) is 4. The number of benzene rings is 2. The van der Waals surface area contributed by atoms with Gasteiger partial charge >= 0.3 is 12.2 Å². The maximum atomic E-state index is 13.6. The Morgan fingerprint density at radius 1 is 0.700 bits per heavy atom. The van der Waals surface area contributed by atoms with E-state index in [9.17, 15) is 19.2 Å². The van der Waals surface area contributed by atoms with Gasteiger partial charge in [-0.1, -0.05) is 39.8 Å². The van der Waals surface area contributed by atoms with Crippen LogP contribution in [0.4, 0.5) is 9.59 Å². The van der Waals surface area contributed by atoms with E-state index in [1.54, 1.807) is 9.80 Å². The number of rotatable bonds is 9. The van der Waals surface area contributed by atoms with E-state index in [1.165, 1.54) is 14.2 Å². The maximum absolute atomic E-state index is 13.6. The number of hydrogen-bond acceptors (Lipinski definition) is 8. The summed E-state index contributed by atoms with van der Waals surface area (Å²) in [6.07, 6.45) is 1.95. The van der Waals surface area contributed by atoms with Crippen LogP contribution in [0.2, 0.25) is 0 Å². The van der Waals surface area contributed by atoms with Gasteiger partial charge in [-0.3, -0.25) is 9.59 Å². The lowest BCUT2D eigenvalue weighted by Crippen LogP contribution is -2.51. The van der Waals surface area contributed by atoms with Crippen molar-refractivity contribution in [1.82, 2.24) is 40.4 Å². The summed E-state index contributed by atoms with van der Waals surface area (Å²) >= 11 is 0. The predicted molar refractivity (Wildman–Crippen MR) is 187 cm³/mol. The monoisotopic (exact) mass is 686 g/mol. The number of H-pyrrole nitrogens is 2. The second kappa shape index (κ2) is 14.4. The SMILES string of the molecule is COC(=O)N[C@H](C(=O)N1CCCC1c1nc2ccc(-c3ccc4nc(C5CCCN5C(=O)[C@@H](NC(=O)OC)C(C)C)[nH]c4c3)cc2[nH]1)C(C)C. The van der Waals surface area contributed by atoms with Crippen molar-refractivity contribution < 1.29 is 28.7 Å². The number of carbonyl (C=O) groups is 4. The highest BCUT2D eigenvalue weighted by Gasteiger charge is 2.39. The molecule has 2 saturated heterocycles. The van der Waals surface area contributed by atoms with Gasteiger partial charge in [-0.15, -0.1) is 0 Å². The van der Waals surface area contributed by atoms with E-state index >= 15 is 0 Å². The minimum atomic E-state index is -0.699. The summed E-state index contributed by atoms with van der Waals surface area (Å²) in [6, 6.07) is 10.2. The van der Waals surface area contributed by atoms with Gasteiger partial charge in [0, 0.05) is 13.1 Å². The van der Waals surface area contributed by atoms with Crippen LogP contribution in [0.1, 0.15) is 77.1 Å². The Hall–Kier alpha value is -5.14. The van der Waals surface area contributed by atoms with Gasteiger partial charge in [0.2, 0.25) is 11.8 Å². The number of aromatic nitrogens is 4. The molecule has 2 aliphatic rings. The summed E-state index contributed by atoms with van der Waals surface area (Å²) in [7, 11) is 2.57. The van der Waals surface area contributed by atoms with Crippen molar-refractivity contribution in [2.75, 3.05) is 27.3 Å². The molecule has 50 heavy (non-hydrogen) atoms. The number of nitrogens with one attached hydrogen (secondary N) is 4. The lowest BCUT2D eigenvalue weighted by Gasteiger charge is -2.29. The molecule has 2 aliphatic heterocycles. The molecule has 0 bridgehead atoms. The summed E-state index contributed by atoms with van der Waals surface area (Å²) in [5.41, 5.74) is 5.28. The number of ether oxygens (including phenoxy) is 2. The summed E-state index contributed by atoms with van der Waals surface area (Å²) in [4.78, 5) is 71.4. The molecule has 6 rings (SSSR count). The number of imidazole rings is 2. The van der Waals surface area contributed by atoms with Crippen molar-refractivity contribution in [2.45, 2.75) is 77.5 Å². The van der Waals surface area contributed by atoms with Crippen molar-refractivity contribution in [3.05, 3.63) is 48.0 Å². The van der Waals surface area contributed by atoms with E-state index in [4.69, 9.17) is 19.4 Å². The van der Waals surface area contributed by atoms with Gasteiger partial charge in [0.1, 0.15) is 23.7 Å². The van der Waals surface area contributed by atoms with Crippen LogP contribution < -0.4 is 10.6 Å². The number of carbonyl (C=O) groups excluding carboxylic acids is 4. The third kappa shape index (κ3) is 6.83. The Kier molecular flexibility index (Phi) is 9.98. The quantitative estimate of drug-likeness (QED) is 0.186. The molecule has 4 aromatic rings. The molecule has 2 aromatic heterocycles. The molecule has 14 heteroatoms. The zero-order valence-electron chi connectivity index (χ0n) is 29.4. The minimum absolute atomic E-state index is 0.114. The van der Waals surface area contributed by atoms with E-state index in [-0.39, 0.29) is 35.7 Å². The smallest absolute Gasteiger partial charge is 0.407 e. The topological polar surface area (TPSA) is 175 Å². The third-order valence-electron chi connectivity index (χ3n) is 9.82. The Balaban J connectivity index is 1.22. The molecule has 4 amide bonds. The summed E-state index contributed by atoms with van der Waals surface area (Å²) in [5, 5.41) is 5.39. The summed E-state index contributed by atoms with van der Waals surface area (Å²) < 4.78 is 9.52. The zero-order valence-corrected chi connectivity index (χ0v) is 29.4. The van der Waals surface area contributed by atoms with Gasteiger partial charge in [-0.2, -0.15) is 0 Å². The van der Waals surface area contributed by atoms with Gasteiger partial charge in [0.25, 0.3) is 0 Å². The van der Waals surface area contributed by atoms with E-state index in [0.717, 1.165) is 70.5 Å². The number of aromatic amines is 2. The zero-order chi connectivity index (χ0) is 35.7. The van der Waals surface area contributed by atoms with Crippen LogP contribution in [-0.2, 0) is 19.1 Å². The molecule has 2 fully saturated rings. The van der Waals surface area contributed by atoms with Crippen LogP contribution in [-0.4, -0.2) is 93.1 Å². The average molecular weight is 687 g/mol. The first-order valence-corrected chi connectivity index (χ1v) is 17.3. The molecule has 14 nitrogen and oxygen atoms in total. The number of methoxy groups -OCH3 is 2. The van der Waals surface area contributed by atoms with E-state index in [0.29, 0.717) is 13.1 Å². The second-order valence-electron chi connectivity index (χ2n) is 13.8. The third-order valence-corrected chi connectivity index (χ3v) is 9.82. The minimum Gasteiger partial charge on any atom is -0.453 e. The number of hydrogen-bond donors (Lipinski definition) is 4. The van der Waals surface area contributed by atoms with Gasteiger partial charge in [0.15, 0.2) is 0 Å². The van der Waals surface area contributed by atoms with Crippen LogP contribution in [0.3, 0.4) is 0 Å². The van der Waals surface area contributed by atoms with Crippen LogP contribution >= 0.6 is 0 Å². The van der Waals surface area contributed by atoms with Crippen molar-refractivity contribution in [2.24, 2.45) is 11.8 Å². The number of amides is 4. The Bertz CT molecular complexity index is 1760. The fourth-order valence-corrected chi connectivity index (χ4v) is 7.12. The van der Waals surface area contributed by atoms with Crippen LogP contribution in [0.5, 0.6) is 0 Å². The first-order valence-electron chi connectivity index (χ1n) is 17.3. The van der Waals surface area contributed by atoms with Crippen LogP contribution in [0.15, 0.2) is 36.4 Å². The molecule has 4 heterocycles. The number of alkyl carbamates (subject to hydrolysis) is 2. The first kappa shape index (κ1) is 34.7. The fourth-order valence-electron chi connectivity index (χ4n) is 7.12. The van der Waals surface area contributed by atoms with Crippen LogP contribution in [0, 0.1) is 11.8 Å². The predicted octanol–water partition coefficient (Wildman–Crippen LogP) is 5.19. The van der Waals surface area contributed by atoms with Crippen LogP contribution in [0.25, 0.3) is 33.2 Å². The largest absolute Gasteiger partial charge is 0.453 e. The Labute approximate surface area is 290 Å². The fraction of sp³-hybridized carbons (Fsp3) is 0.500. The number of fused-ring (bicyclic) bond motifs is 2. The Morgan fingerprint density at radius 2 is 1.10 bits per heavy atom. The molecule has 0 spiro atoms. The molecule has 0 aliphatic carbocycles. The number of likely N-dealkylation sites (tertiary alicyclic amines) is 2. The molecule has 2 unspecified atom stereocenters. The lowest BCUT2D eigenvalue weighted by atomic mass is 10.0. The molecule has 0 saturated carbocycles. The maximum Gasteiger partial charge on any atom is 0.407 e. The van der Waals surface area contributed by atoms with Gasteiger partial charge in [0.05, 0.1) is 48.4 Å². The highest BCUT2D eigenvalue weighted by molar-refractivity contribution is 5.89. The molecular formula is C36H46N8O6. The van der Waals surface area contributed by atoms with E-state index in [1.807, 2.05) is 52.0 Å². The Morgan fingerprint density at radius 3 is 1.46 bits per heavy atom. The molecule has 2 aromatic carbocycles. The standard InChI is InChI=1S/C36H46N8O6/c1-19(2)29(41-35(47)49-5)33(45)43-15-7-9-27(43)31-37-23-13-11-21(17-25(23)39-31)22-12-14-24-26(18-22)40-32(38-24)28-10-8-16-44(28)34(46)30(20(3)4)42-36(48)50-6/h11-14,17-20,27-30H,7-10,15-16H2,1-6H3,(H,37,39)(H,38,40)(H,41,47)(H,42,48)/t27?,28?,29-,30-/m0/s1. The average Bonchev–Trinajstić information content (AvgIpc) is 3.92. The van der Waals surface area contributed by atoms with Crippen molar-refractivity contribution in [3.8, 4) is 11.1 Å². The summed E-state index contributed by atoms with van der Waals surface area (Å²) in [6.45, 7) is 8.75. The van der Waals surface area contributed by atoms with Crippen molar-refractivity contribution in [1.29, 1.82) is 0 Å². The molecule has 0 radical (unpaired) electrons. The van der Waals surface area contributed by atoms with Gasteiger partial charge in [-0.25, -0.2) is 19.6 Å². The van der Waals surface area contributed by atoms with E-state index in [2.05, 4.69) is 32.7 Å². The molecular weight excluding hydrogens is 640 g/mol. The normalized spacial score (nSPS) is 19.0.